The summed E-state index contributed by atoms with van der Waals surface area (Å²) in [6.45, 7) is 0. The first-order chi connectivity index (χ1) is 7.70. The molecule has 2 aromatic heterocycles. The molecular formula is C12H14Cl3N2ORhS. The number of nitrogens with zero attached hydrogens (tertiary/aromatic N) is 2. The van der Waals surface area contributed by atoms with Crippen LogP contribution in [0.5, 0.6) is 0 Å². The smallest absolute Gasteiger partial charge is 1.00 e. The van der Waals surface area contributed by atoms with E-state index in [-0.39, 0.29) is 56.7 Å². The Kier molecular flexibility index (Phi) is 23.9. The quantitative estimate of drug-likeness (QED) is 0.412. The van der Waals surface area contributed by atoms with Crippen molar-refractivity contribution in [2.45, 2.75) is 0 Å². The molecule has 0 saturated carbocycles. The van der Waals surface area contributed by atoms with Crippen molar-refractivity contribution in [3.8, 4) is 11.4 Å². The Labute approximate surface area is 153 Å². The zero-order valence-corrected chi connectivity index (χ0v) is 15.5. The van der Waals surface area contributed by atoms with E-state index < -0.39 is 10.8 Å². The summed E-state index contributed by atoms with van der Waals surface area (Å²) in [5.41, 5.74) is 1.83. The van der Waals surface area contributed by atoms with Crippen LogP contribution in [0.2, 0.25) is 0 Å². The molecule has 0 unspecified atom stereocenters. The van der Waals surface area contributed by atoms with Gasteiger partial charge >= 0.3 is 19.5 Å². The number of aromatic nitrogens is 2. The van der Waals surface area contributed by atoms with Crippen LogP contribution in [0.15, 0.2) is 48.8 Å². The molecule has 114 valence electrons. The van der Waals surface area contributed by atoms with Gasteiger partial charge in [0, 0.05) is 35.7 Å². The van der Waals surface area contributed by atoms with Crippen LogP contribution in [0, 0.1) is 0 Å². The van der Waals surface area contributed by atoms with Crippen LogP contribution < -0.4 is 37.2 Å². The summed E-state index contributed by atoms with van der Waals surface area (Å²) in [6, 6.07) is 11.6. The molecule has 0 aliphatic carbocycles. The normalized spacial score (nSPS) is 7.55. The largest absolute Gasteiger partial charge is 3.00 e. The summed E-state index contributed by atoms with van der Waals surface area (Å²) in [7, 11) is -0.611. The molecule has 0 bridgehead atoms. The number of halogens is 3. The van der Waals surface area contributed by atoms with Crippen LogP contribution in [0.1, 0.15) is 0 Å². The number of rotatable bonds is 1. The van der Waals surface area contributed by atoms with Crippen molar-refractivity contribution < 1.29 is 60.9 Å². The molecule has 20 heavy (non-hydrogen) atoms. The predicted molar refractivity (Wildman–Crippen MR) is 67.5 cm³/mol. The van der Waals surface area contributed by atoms with Gasteiger partial charge in [0.25, 0.3) is 0 Å². The minimum Gasteiger partial charge on any atom is -1.00 e. The Morgan fingerprint density at radius 1 is 0.800 bits per heavy atom. The van der Waals surface area contributed by atoms with E-state index in [9.17, 15) is 4.21 Å². The van der Waals surface area contributed by atoms with Gasteiger partial charge in [-0.25, -0.2) is 0 Å². The van der Waals surface area contributed by atoms with E-state index in [4.69, 9.17) is 0 Å². The number of hydrogen-bond donors (Lipinski definition) is 0. The zero-order valence-electron chi connectivity index (χ0n) is 10.8. The Balaban J connectivity index is -0.000000145. The van der Waals surface area contributed by atoms with Crippen molar-refractivity contribution in [2.75, 3.05) is 12.5 Å². The molecular weight excluding hydrogens is 429 g/mol. The van der Waals surface area contributed by atoms with Crippen LogP contribution in [0.25, 0.3) is 11.4 Å². The van der Waals surface area contributed by atoms with Gasteiger partial charge in [0.1, 0.15) is 0 Å². The maximum absolute atomic E-state index is 9.56. The first-order valence-electron chi connectivity index (χ1n) is 4.77. The van der Waals surface area contributed by atoms with Gasteiger partial charge in [0.05, 0.1) is 11.4 Å². The molecule has 0 saturated heterocycles. The van der Waals surface area contributed by atoms with Crippen LogP contribution in [-0.4, -0.2) is 26.7 Å². The molecule has 3 nitrogen and oxygen atoms in total. The fourth-order valence-corrected chi connectivity index (χ4v) is 1.03. The second-order valence-corrected chi connectivity index (χ2v) is 4.65. The molecule has 0 radical (unpaired) electrons. The van der Waals surface area contributed by atoms with Gasteiger partial charge in [-0.15, -0.1) is 0 Å². The molecule has 0 amide bonds. The summed E-state index contributed by atoms with van der Waals surface area (Å²) in [6.07, 6.45) is 6.81. The number of hydrogen-bond acceptors (Lipinski definition) is 3. The van der Waals surface area contributed by atoms with Crippen LogP contribution in [-0.2, 0) is 30.3 Å². The van der Waals surface area contributed by atoms with Crippen LogP contribution in [0.4, 0.5) is 0 Å². The fraction of sp³-hybridized carbons (Fsp3) is 0.167. The molecule has 0 N–H and O–H groups in total. The first kappa shape index (κ1) is 28.2. The van der Waals surface area contributed by atoms with E-state index in [2.05, 4.69) is 9.97 Å². The molecule has 8 heteroatoms. The van der Waals surface area contributed by atoms with E-state index in [1.165, 1.54) is 0 Å². The molecule has 0 aliphatic rings. The molecule has 0 aliphatic heterocycles. The van der Waals surface area contributed by atoms with Crippen molar-refractivity contribution >= 4 is 10.8 Å². The monoisotopic (exact) mass is 442 g/mol. The summed E-state index contributed by atoms with van der Waals surface area (Å²) in [4.78, 5) is 8.37. The summed E-state index contributed by atoms with van der Waals surface area (Å²) in [5, 5.41) is 0. The summed E-state index contributed by atoms with van der Waals surface area (Å²) < 4.78 is 9.56. The third-order valence-corrected chi connectivity index (χ3v) is 1.59. The standard InChI is InChI=1S/C10H8N2.C2H6OS.3ClH.Rh/c1-3-7-11-9(5-1)10-6-2-4-8-12-10;1-4(2)3;;;;/h1-8H;1-2H3;3*1H;/q;;;;;+3/p-3. The predicted octanol–water partition coefficient (Wildman–Crippen LogP) is -6.85. The van der Waals surface area contributed by atoms with Gasteiger partial charge in [-0.1, -0.05) is 12.1 Å². The third-order valence-electron chi connectivity index (χ3n) is 1.59. The van der Waals surface area contributed by atoms with E-state index >= 15 is 0 Å². The number of pyridine rings is 2. The molecule has 2 rings (SSSR count). The van der Waals surface area contributed by atoms with E-state index in [1.807, 2.05) is 36.4 Å². The summed E-state index contributed by atoms with van der Waals surface area (Å²) in [5.74, 6) is 0. The second kappa shape index (κ2) is 17.0. The van der Waals surface area contributed by atoms with Gasteiger partial charge in [-0.3, -0.25) is 14.2 Å². The fourth-order valence-electron chi connectivity index (χ4n) is 1.03. The van der Waals surface area contributed by atoms with Crippen molar-refractivity contribution in [2.24, 2.45) is 0 Å². The van der Waals surface area contributed by atoms with Crippen molar-refractivity contribution in [1.82, 2.24) is 9.97 Å². The topological polar surface area (TPSA) is 42.9 Å². The molecule has 0 fully saturated rings. The Hall–Kier alpha value is -0.0566. The van der Waals surface area contributed by atoms with Crippen molar-refractivity contribution in [3.63, 3.8) is 0 Å². The Bertz CT molecular complexity index is 407. The molecule has 2 heterocycles. The van der Waals surface area contributed by atoms with Crippen molar-refractivity contribution in [1.29, 1.82) is 0 Å². The van der Waals surface area contributed by atoms with Crippen LogP contribution >= 0.6 is 0 Å². The molecule has 0 atom stereocenters. The van der Waals surface area contributed by atoms with Gasteiger partial charge < -0.3 is 37.2 Å². The van der Waals surface area contributed by atoms with Gasteiger partial charge in [-0.05, 0) is 24.3 Å². The first-order valence-corrected chi connectivity index (χ1v) is 6.74. The van der Waals surface area contributed by atoms with E-state index in [0.29, 0.717) is 0 Å². The summed E-state index contributed by atoms with van der Waals surface area (Å²) >= 11 is 0. The average molecular weight is 444 g/mol. The Morgan fingerprint density at radius 3 is 1.30 bits per heavy atom. The molecule has 0 aromatic carbocycles. The zero-order chi connectivity index (χ0) is 11.8. The SMILES string of the molecule is CS(C)=O.[Cl-].[Cl-].[Cl-].[Rh+3].c1ccc(-c2ccccn2)nc1. The van der Waals surface area contributed by atoms with Gasteiger partial charge in [-0.2, -0.15) is 0 Å². The minimum atomic E-state index is -0.611. The second-order valence-electron chi connectivity index (χ2n) is 3.17. The van der Waals surface area contributed by atoms with Crippen molar-refractivity contribution in [3.05, 3.63) is 48.8 Å². The molecule has 0 spiro atoms. The average Bonchev–Trinajstić information content (AvgIpc) is 2.31. The van der Waals surface area contributed by atoms with E-state index in [1.54, 1.807) is 24.9 Å². The van der Waals surface area contributed by atoms with E-state index in [0.717, 1.165) is 11.4 Å². The van der Waals surface area contributed by atoms with Crippen LogP contribution in [0.3, 0.4) is 0 Å². The minimum absolute atomic E-state index is 0. The molecule has 2 aromatic rings. The third kappa shape index (κ3) is 13.0. The maximum atomic E-state index is 9.56. The maximum Gasteiger partial charge on any atom is 3.00 e. The van der Waals surface area contributed by atoms with Gasteiger partial charge in [0.15, 0.2) is 0 Å². The Morgan fingerprint density at radius 2 is 1.10 bits per heavy atom. The van der Waals surface area contributed by atoms with Gasteiger partial charge in [0.2, 0.25) is 0 Å².